The van der Waals surface area contributed by atoms with Crippen molar-refractivity contribution in [3.8, 4) is 11.1 Å². The first-order chi connectivity index (χ1) is 17.0. The minimum absolute atomic E-state index is 0.0646. The molecule has 35 heavy (non-hydrogen) atoms. The lowest BCUT2D eigenvalue weighted by atomic mass is 9.84. The number of carbonyl (C=O) groups is 3. The van der Waals surface area contributed by atoms with Crippen LogP contribution in [0.3, 0.4) is 0 Å². The van der Waals surface area contributed by atoms with E-state index in [-0.39, 0.29) is 18.4 Å². The fourth-order valence-corrected chi connectivity index (χ4v) is 5.64. The standard InChI is InChI=1S/C27H32N2O5S/c1-35-15-14-24(25(30)28-23-13-7-6-12-21(23)26(31)32)29-27(33)34-16-22-19-10-4-2-8-17(19)18-9-3-5-11-20(18)22/h2-5,8-11,21-24H,6-7,12-16H2,1H3,(H,28,30)(H,29,33)(H,31,32)/t21?,23?,24-/m0/s1. The van der Waals surface area contributed by atoms with Gasteiger partial charge in [0.25, 0.3) is 0 Å². The summed E-state index contributed by atoms with van der Waals surface area (Å²) in [6.45, 7) is 0.167. The highest BCUT2D eigenvalue weighted by molar-refractivity contribution is 7.98. The van der Waals surface area contributed by atoms with Crippen molar-refractivity contribution in [1.29, 1.82) is 0 Å². The van der Waals surface area contributed by atoms with E-state index in [1.54, 1.807) is 11.8 Å². The maximum absolute atomic E-state index is 13.0. The molecule has 3 atom stereocenters. The fourth-order valence-electron chi connectivity index (χ4n) is 5.17. The van der Waals surface area contributed by atoms with Crippen molar-refractivity contribution >= 4 is 29.7 Å². The highest BCUT2D eigenvalue weighted by Crippen LogP contribution is 2.44. The number of alkyl carbamates (subject to hydrolysis) is 1. The molecule has 0 aromatic heterocycles. The predicted octanol–water partition coefficient (Wildman–Crippen LogP) is 4.41. The molecule has 0 bridgehead atoms. The van der Waals surface area contributed by atoms with Gasteiger partial charge in [-0.15, -0.1) is 0 Å². The van der Waals surface area contributed by atoms with Crippen LogP contribution < -0.4 is 10.6 Å². The van der Waals surface area contributed by atoms with E-state index in [2.05, 4.69) is 34.9 Å². The summed E-state index contributed by atoms with van der Waals surface area (Å²) in [4.78, 5) is 37.4. The summed E-state index contributed by atoms with van der Waals surface area (Å²) >= 11 is 1.58. The Morgan fingerprint density at radius 1 is 1.03 bits per heavy atom. The second kappa shape index (κ2) is 11.6. The van der Waals surface area contributed by atoms with E-state index in [0.717, 1.165) is 35.1 Å². The molecule has 7 nitrogen and oxygen atoms in total. The molecule has 2 aliphatic carbocycles. The predicted molar refractivity (Wildman–Crippen MR) is 137 cm³/mol. The third-order valence-electron chi connectivity index (χ3n) is 6.97. The van der Waals surface area contributed by atoms with Gasteiger partial charge in [-0.05, 0) is 53.5 Å². The van der Waals surface area contributed by atoms with Crippen molar-refractivity contribution in [1.82, 2.24) is 10.6 Å². The number of carboxylic acid groups (broad SMARTS) is 1. The summed E-state index contributed by atoms with van der Waals surface area (Å²) in [5.74, 6) is -1.23. The SMILES string of the molecule is CSCC[C@H](NC(=O)OCC1c2ccccc2-c2ccccc21)C(=O)NC1CCCCC1C(=O)O. The first kappa shape index (κ1) is 25.1. The molecular weight excluding hydrogens is 464 g/mol. The first-order valence-corrected chi connectivity index (χ1v) is 13.5. The topological polar surface area (TPSA) is 105 Å². The van der Waals surface area contributed by atoms with Crippen LogP contribution in [0.1, 0.15) is 49.1 Å². The van der Waals surface area contributed by atoms with Gasteiger partial charge in [-0.1, -0.05) is 61.4 Å². The number of ether oxygens (including phenoxy) is 1. The van der Waals surface area contributed by atoms with Crippen LogP contribution >= 0.6 is 11.8 Å². The summed E-state index contributed by atoms with van der Waals surface area (Å²) in [5.41, 5.74) is 4.54. The Bertz CT molecular complexity index is 1030. The minimum atomic E-state index is -0.889. The third-order valence-corrected chi connectivity index (χ3v) is 7.62. The fraction of sp³-hybridized carbons (Fsp3) is 0.444. The number of fused-ring (bicyclic) bond motifs is 3. The Hall–Kier alpha value is -3.00. The highest BCUT2D eigenvalue weighted by Gasteiger charge is 2.34. The molecule has 0 heterocycles. The lowest BCUT2D eigenvalue weighted by molar-refractivity contribution is -0.144. The number of thioether (sulfide) groups is 1. The molecule has 1 fully saturated rings. The summed E-state index contributed by atoms with van der Waals surface area (Å²) in [6, 6.07) is 15.0. The van der Waals surface area contributed by atoms with Gasteiger partial charge in [0, 0.05) is 12.0 Å². The molecule has 2 aliphatic rings. The zero-order valence-corrected chi connectivity index (χ0v) is 20.7. The van der Waals surface area contributed by atoms with Gasteiger partial charge in [0.2, 0.25) is 5.91 Å². The van der Waals surface area contributed by atoms with Crippen LogP contribution in [0.4, 0.5) is 4.79 Å². The van der Waals surface area contributed by atoms with Crippen molar-refractivity contribution in [2.75, 3.05) is 18.6 Å². The summed E-state index contributed by atoms with van der Waals surface area (Å²) in [6.07, 6.45) is 4.62. The molecule has 0 aliphatic heterocycles. The minimum Gasteiger partial charge on any atom is -0.481 e. The van der Waals surface area contributed by atoms with Crippen LogP contribution in [0, 0.1) is 5.92 Å². The second-order valence-electron chi connectivity index (χ2n) is 9.15. The van der Waals surface area contributed by atoms with Gasteiger partial charge in [0.15, 0.2) is 0 Å². The monoisotopic (exact) mass is 496 g/mol. The normalized spacial score (nSPS) is 19.8. The van der Waals surface area contributed by atoms with Gasteiger partial charge in [0.1, 0.15) is 12.6 Å². The van der Waals surface area contributed by atoms with E-state index in [9.17, 15) is 19.5 Å². The van der Waals surface area contributed by atoms with Crippen LogP contribution in [-0.4, -0.2) is 53.8 Å². The Balaban J connectivity index is 1.39. The summed E-state index contributed by atoms with van der Waals surface area (Å²) in [5, 5.41) is 15.1. The van der Waals surface area contributed by atoms with Gasteiger partial charge in [-0.2, -0.15) is 11.8 Å². The molecule has 186 valence electrons. The summed E-state index contributed by atoms with van der Waals surface area (Å²) < 4.78 is 5.62. The second-order valence-corrected chi connectivity index (χ2v) is 10.1. The van der Waals surface area contributed by atoms with Crippen molar-refractivity contribution in [2.45, 2.75) is 50.1 Å². The molecule has 0 spiro atoms. The molecule has 4 rings (SSSR count). The quantitative estimate of drug-likeness (QED) is 0.475. The van der Waals surface area contributed by atoms with E-state index in [4.69, 9.17) is 4.74 Å². The smallest absolute Gasteiger partial charge is 0.407 e. The average molecular weight is 497 g/mol. The number of amides is 2. The van der Waals surface area contributed by atoms with Crippen LogP contribution in [0.25, 0.3) is 11.1 Å². The van der Waals surface area contributed by atoms with E-state index < -0.39 is 30.1 Å². The van der Waals surface area contributed by atoms with Gasteiger partial charge < -0.3 is 20.5 Å². The molecular formula is C27H32N2O5S. The molecule has 3 N–H and O–H groups in total. The van der Waals surface area contributed by atoms with Crippen molar-refractivity contribution in [2.24, 2.45) is 5.92 Å². The zero-order valence-electron chi connectivity index (χ0n) is 19.9. The zero-order chi connectivity index (χ0) is 24.8. The van der Waals surface area contributed by atoms with Crippen LogP contribution in [0.2, 0.25) is 0 Å². The lowest BCUT2D eigenvalue weighted by Crippen LogP contribution is -2.53. The van der Waals surface area contributed by atoms with Crippen LogP contribution in [-0.2, 0) is 14.3 Å². The average Bonchev–Trinajstić information content (AvgIpc) is 3.19. The number of aliphatic carboxylic acids is 1. The number of carbonyl (C=O) groups excluding carboxylic acids is 2. The Morgan fingerprint density at radius 2 is 1.66 bits per heavy atom. The number of benzene rings is 2. The van der Waals surface area contributed by atoms with Crippen molar-refractivity contribution in [3.63, 3.8) is 0 Å². The van der Waals surface area contributed by atoms with Crippen LogP contribution in [0.15, 0.2) is 48.5 Å². The number of nitrogens with one attached hydrogen (secondary N) is 2. The summed E-state index contributed by atoms with van der Waals surface area (Å²) in [7, 11) is 0. The van der Waals surface area contributed by atoms with Crippen molar-refractivity contribution < 1.29 is 24.2 Å². The van der Waals surface area contributed by atoms with E-state index in [1.165, 1.54) is 0 Å². The number of hydrogen-bond donors (Lipinski definition) is 3. The van der Waals surface area contributed by atoms with Crippen LogP contribution in [0.5, 0.6) is 0 Å². The Kier molecular flexibility index (Phi) is 8.33. The maximum atomic E-state index is 13.0. The largest absolute Gasteiger partial charge is 0.481 e. The Labute approximate surface area is 210 Å². The lowest BCUT2D eigenvalue weighted by Gasteiger charge is -2.30. The van der Waals surface area contributed by atoms with E-state index >= 15 is 0 Å². The number of carboxylic acids is 1. The Morgan fingerprint density at radius 3 is 2.29 bits per heavy atom. The molecule has 2 unspecified atom stereocenters. The molecule has 2 aromatic carbocycles. The van der Waals surface area contributed by atoms with Crippen molar-refractivity contribution in [3.05, 3.63) is 59.7 Å². The van der Waals surface area contributed by atoms with Gasteiger partial charge in [-0.3, -0.25) is 9.59 Å². The number of hydrogen-bond acceptors (Lipinski definition) is 5. The molecule has 8 heteroatoms. The molecule has 0 radical (unpaired) electrons. The van der Waals surface area contributed by atoms with Gasteiger partial charge in [0.05, 0.1) is 5.92 Å². The third kappa shape index (κ3) is 5.81. The van der Waals surface area contributed by atoms with Gasteiger partial charge >= 0.3 is 12.1 Å². The van der Waals surface area contributed by atoms with Gasteiger partial charge in [-0.25, -0.2) is 4.79 Å². The van der Waals surface area contributed by atoms with E-state index in [1.807, 2.05) is 30.5 Å². The number of rotatable bonds is 9. The maximum Gasteiger partial charge on any atom is 0.407 e. The molecule has 2 amide bonds. The molecule has 0 saturated heterocycles. The highest BCUT2D eigenvalue weighted by atomic mass is 32.2. The first-order valence-electron chi connectivity index (χ1n) is 12.1. The molecule has 1 saturated carbocycles. The molecule has 2 aromatic rings. The van der Waals surface area contributed by atoms with E-state index in [0.29, 0.717) is 25.0 Å².